The molecule has 0 unspecified atom stereocenters. The van der Waals surface area contributed by atoms with E-state index >= 15 is 0 Å². The van der Waals surface area contributed by atoms with Crippen LogP contribution in [-0.4, -0.2) is 65.3 Å². The summed E-state index contributed by atoms with van der Waals surface area (Å²) >= 11 is 1.13. The van der Waals surface area contributed by atoms with Crippen molar-refractivity contribution in [3.8, 4) is 11.4 Å². The number of ether oxygens (including phenoxy) is 1. The SMILES string of the molecule is COc1ccc(NC(=O)CSc2nnc(CNC(=O)c3ccc(S(=O)(=O)N4CCCCC4)cc3)n2-c2ccc(F)cc2)cc1. The topological polar surface area (TPSA) is 136 Å². The van der Waals surface area contributed by atoms with Crippen molar-refractivity contribution in [1.29, 1.82) is 0 Å². The van der Waals surface area contributed by atoms with Gasteiger partial charge >= 0.3 is 0 Å². The minimum atomic E-state index is -3.61. The zero-order chi connectivity index (χ0) is 31.1. The number of hydrogen-bond donors (Lipinski definition) is 2. The fourth-order valence-corrected chi connectivity index (χ4v) is 6.94. The first kappa shape index (κ1) is 31.2. The Morgan fingerprint density at radius 3 is 2.27 bits per heavy atom. The van der Waals surface area contributed by atoms with Crippen molar-refractivity contribution in [2.75, 3.05) is 31.3 Å². The van der Waals surface area contributed by atoms with Crippen LogP contribution in [0.5, 0.6) is 5.75 Å². The molecule has 230 valence electrons. The molecule has 1 aliphatic heterocycles. The Morgan fingerprint density at radius 1 is 0.932 bits per heavy atom. The molecule has 2 heterocycles. The Hall–Kier alpha value is -4.27. The van der Waals surface area contributed by atoms with Gasteiger partial charge in [0.15, 0.2) is 11.0 Å². The van der Waals surface area contributed by atoms with Crippen LogP contribution >= 0.6 is 11.8 Å². The third-order valence-electron chi connectivity index (χ3n) is 6.97. The van der Waals surface area contributed by atoms with Crippen LogP contribution in [0, 0.1) is 5.82 Å². The number of carbonyl (C=O) groups excluding carboxylic acids is 2. The molecule has 0 bridgehead atoms. The van der Waals surface area contributed by atoms with E-state index in [1.807, 2.05) is 0 Å². The molecule has 1 aromatic heterocycles. The molecule has 1 saturated heterocycles. The number of sulfonamides is 1. The van der Waals surface area contributed by atoms with Crippen molar-refractivity contribution in [3.63, 3.8) is 0 Å². The molecule has 1 fully saturated rings. The smallest absolute Gasteiger partial charge is 0.251 e. The van der Waals surface area contributed by atoms with Crippen molar-refractivity contribution in [1.82, 2.24) is 24.4 Å². The third-order valence-corrected chi connectivity index (χ3v) is 9.81. The molecule has 2 N–H and O–H groups in total. The Morgan fingerprint density at radius 2 is 1.61 bits per heavy atom. The van der Waals surface area contributed by atoms with E-state index in [1.54, 1.807) is 48.1 Å². The molecule has 5 rings (SSSR count). The number of aromatic nitrogens is 3. The number of benzene rings is 3. The van der Waals surface area contributed by atoms with Gasteiger partial charge in [0.25, 0.3) is 5.91 Å². The standard InChI is InChI=1S/C30H31FN6O5S2/c1-42-25-13-9-23(10-14-25)33-28(38)20-43-30-35-34-27(37(30)24-11-7-22(31)8-12-24)19-32-29(39)21-5-15-26(16-6-21)44(40,41)36-17-3-2-4-18-36/h5-16H,2-4,17-20H2,1H3,(H,32,39)(H,33,38). The van der Waals surface area contributed by atoms with Gasteiger partial charge in [0.1, 0.15) is 11.6 Å². The van der Waals surface area contributed by atoms with Gasteiger partial charge in [0, 0.05) is 30.0 Å². The zero-order valence-corrected chi connectivity index (χ0v) is 25.5. The van der Waals surface area contributed by atoms with E-state index in [2.05, 4.69) is 20.8 Å². The minimum Gasteiger partial charge on any atom is -0.497 e. The number of carbonyl (C=O) groups is 2. The Bertz CT molecular complexity index is 1710. The van der Waals surface area contributed by atoms with Crippen LogP contribution in [0.3, 0.4) is 0 Å². The average molecular weight is 639 g/mol. The highest BCUT2D eigenvalue weighted by atomic mass is 32.2. The lowest BCUT2D eigenvalue weighted by Crippen LogP contribution is -2.35. The lowest BCUT2D eigenvalue weighted by molar-refractivity contribution is -0.113. The molecule has 3 aromatic carbocycles. The van der Waals surface area contributed by atoms with E-state index in [0.29, 0.717) is 41.2 Å². The van der Waals surface area contributed by atoms with E-state index in [1.165, 1.54) is 40.7 Å². The van der Waals surface area contributed by atoms with E-state index in [0.717, 1.165) is 31.0 Å². The molecule has 0 radical (unpaired) electrons. The second kappa shape index (κ2) is 14.0. The summed E-state index contributed by atoms with van der Waals surface area (Å²) in [6.07, 6.45) is 2.68. The van der Waals surface area contributed by atoms with Crippen LogP contribution in [0.1, 0.15) is 35.4 Å². The van der Waals surface area contributed by atoms with E-state index in [4.69, 9.17) is 4.74 Å². The molecule has 2 amide bonds. The van der Waals surface area contributed by atoms with Crippen molar-refractivity contribution >= 4 is 39.3 Å². The maximum absolute atomic E-state index is 13.7. The number of piperidine rings is 1. The van der Waals surface area contributed by atoms with Crippen molar-refractivity contribution < 1.29 is 27.1 Å². The Balaban J connectivity index is 1.26. The van der Waals surface area contributed by atoms with Crippen molar-refractivity contribution in [2.24, 2.45) is 0 Å². The van der Waals surface area contributed by atoms with Crippen LogP contribution in [0.4, 0.5) is 10.1 Å². The number of nitrogens with one attached hydrogen (secondary N) is 2. The van der Waals surface area contributed by atoms with E-state index in [-0.39, 0.29) is 28.7 Å². The molecule has 14 heteroatoms. The maximum atomic E-state index is 13.7. The van der Waals surface area contributed by atoms with Gasteiger partial charge in [-0.1, -0.05) is 18.2 Å². The van der Waals surface area contributed by atoms with Crippen LogP contribution in [0.15, 0.2) is 82.8 Å². The summed E-state index contributed by atoms with van der Waals surface area (Å²) in [7, 11) is -2.05. The first-order chi connectivity index (χ1) is 21.2. The molecule has 1 aliphatic rings. The highest BCUT2D eigenvalue weighted by Gasteiger charge is 2.26. The number of halogens is 1. The summed E-state index contributed by atoms with van der Waals surface area (Å²) in [4.78, 5) is 25.7. The van der Waals surface area contributed by atoms with Crippen LogP contribution in [0.25, 0.3) is 5.69 Å². The number of rotatable bonds is 11. The van der Waals surface area contributed by atoms with Crippen LogP contribution < -0.4 is 15.4 Å². The molecule has 44 heavy (non-hydrogen) atoms. The predicted molar refractivity (Wildman–Crippen MR) is 164 cm³/mol. The van der Waals surface area contributed by atoms with Gasteiger partial charge < -0.3 is 15.4 Å². The van der Waals surface area contributed by atoms with Gasteiger partial charge in [0.2, 0.25) is 15.9 Å². The molecular formula is C30H31FN6O5S2. The lowest BCUT2D eigenvalue weighted by Gasteiger charge is -2.25. The zero-order valence-electron chi connectivity index (χ0n) is 23.9. The quantitative estimate of drug-likeness (QED) is 0.233. The molecule has 0 atom stereocenters. The molecule has 11 nitrogen and oxygen atoms in total. The second-order valence-electron chi connectivity index (χ2n) is 9.95. The molecular weight excluding hydrogens is 607 g/mol. The minimum absolute atomic E-state index is 0.0183. The highest BCUT2D eigenvalue weighted by molar-refractivity contribution is 7.99. The summed E-state index contributed by atoms with van der Waals surface area (Å²) in [5.41, 5.74) is 1.43. The molecule has 4 aromatic rings. The first-order valence-corrected chi connectivity index (χ1v) is 16.3. The highest BCUT2D eigenvalue weighted by Crippen LogP contribution is 2.24. The molecule has 0 spiro atoms. The fraction of sp³-hybridized carbons (Fsp3) is 0.267. The van der Waals surface area contributed by atoms with Gasteiger partial charge in [-0.2, -0.15) is 4.31 Å². The van der Waals surface area contributed by atoms with Crippen molar-refractivity contribution in [2.45, 2.75) is 35.9 Å². The largest absolute Gasteiger partial charge is 0.497 e. The second-order valence-corrected chi connectivity index (χ2v) is 12.8. The van der Waals surface area contributed by atoms with Gasteiger partial charge in [-0.3, -0.25) is 14.2 Å². The molecule has 0 saturated carbocycles. The Labute approximate surface area is 258 Å². The first-order valence-electron chi connectivity index (χ1n) is 13.9. The van der Waals surface area contributed by atoms with Gasteiger partial charge in [-0.15, -0.1) is 10.2 Å². The third kappa shape index (κ3) is 7.44. The van der Waals surface area contributed by atoms with Gasteiger partial charge in [-0.05, 0) is 85.6 Å². The van der Waals surface area contributed by atoms with Gasteiger partial charge in [-0.25, -0.2) is 12.8 Å². The monoisotopic (exact) mass is 638 g/mol. The fourth-order valence-electron chi connectivity index (χ4n) is 4.65. The maximum Gasteiger partial charge on any atom is 0.251 e. The number of thioether (sulfide) groups is 1. The number of anilines is 1. The number of nitrogens with zero attached hydrogens (tertiary/aromatic N) is 4. The molecule has 0 aliphatic carbocycles. The number of methoxy groups -OCH3 is 1. The predicted octanol–water partition coefficient (Wildman–Crippen LogP) is 4.25. The lowest BCUT2D eigenvalue weighted by atomic mass is 10.2. The summed E-state index contributed by atoms with van der Waals surface area (Å²) in [5, 5.41) is 14.4. The summed E-state index contributed by atoms with van der Waals surface area (Å²) in [6, 6.07) is 18.4. The number of hydrogen-bond acceptors (Lipinski definition) is 8. The van der Waals surface area contributed by atoms with Crippen LogP contribution in [-0.2, 0) is 21.4 Å². The summed E-state index contributed by atoms with van der Waals surface area (Å²) in [6.45, 7) is 0.954. The summed E-state index contributed by atoms with van der Waals surface area (Å²) < 4.78 is 47.8. The van der Waals surface area contributed by atoms with E-state index in [9.17, 15) is 22.4 Å². The van der Waals surface area contributed by atoms with Crippen molar-refractivity contribution in [3.05, 3.63) is 90.0 Å². The average Bonchev–Trinajstić information content (AvgIpc) is 3.46. The Kier molecular flexibility index (Phi) is 9.92. The number of amides is 2. The summed E-state index contributed by atoms with van der Waals surface area (Å²) in [5.74, 6) is -0.0854. The normalized spacial score (nSPS) is 13.8. The van der Waals surface area contributed by atoms with Crippen LogP contribution in [0.2, 0.25) is 0 Å². The van der Waals surface area contributed by atoms with E-state index < -0.39 is 21.7 Å². The van der Waals surface area contributed by atoms with Gasteiger partial charge in [0.05, 0.1) is 24.3 Å².